The van der Waals surface area contributed by atoms with Crippen molar-refractivity contribution in [3.05, 3.63) is 48.2 Å². The van der Waals surface area contributed by atoms with Crippen LogP contribution in [0.2, 0.25) is 0 Å². The summed E-state index contributed by atoms with van der Waals surface area (Å²) in [5, 5.41) is 0. The van der Waals surface area contributed by atoms with Crippen molar-refractivity contribution >= 4 is 10.2 Å². The summed E-state index contributed by atoms with van der Waals surface area (Å²) in [4.78, 5) is 8.58. The summed E-state index contributed by atoms with van der Waals surface area (Å²) >= 11 is 0. The van der Waals surface area contributed by atoms with Gasteiger partial charge in [-0.3, -0.25) is 4.98 Å². The summed E-state index contributed by atoms with van der Waals surface area (Å²) in [6.07, 6.45) is 4.63. The van der Waals surface area contributed by atoms with Crippen molar-refractivity contribution in [3.8, 4) is 11.6 Å². The fourth-order valence-corrected chi connectivity index (χ4v) is 4.07. The Labute approximate surface area is 152 Å². The molecule has 0 spiro atoms. The zero-order valence-electron chi connectivity index (χ0n) is 14.7. The lowest BCUT2D eigenvalue weighted by atomic mass is 9.96. The Morgan fingerprint density at radius 2 is 2.12 bits per heavy atom. The van der Waals surface area contributed by atoms with E-state index in [1.165, 1.54) is 41.0 Å². The second-order valence-electron chi connectivity index (χ2n) is 6.33. The van der Waals surface area contributed by atoms with Crippen LogP contribution in [0.25, 0.3) is 0 Å². The predicted octanol–water partition coefficient (Wildman–Crippen LogP) is 2.39. The Kier molecular flexibility index (Phi) is 5.49. The maximum atomic E-state index is 13.3. The highest BCUT2D eigenvalue weighted by molar-refractivity contribution is 7.86. The molecule has 0 unspecified atom stereocenters. The quantitative estimate of drug-likeness (QED) is 0.796. The molecule has 0 bridgehead atoms. The van der Waals surface area contributed by atoms with E-state index in [0.29, 0.717) is 24.5 Å². The molecule has 2 heterocycles. The SMILES string of the molecule is CN(C)S(=O)(=O)N1CCC[C@H](c2cncc(Oc3cccc(F)c3)n2)C1. The molecule has 1 saturated heterocycles. The number of aromatic nitrogens is 2. The molecule has 0 saturated carbocycles. The first-order valence-corrected chi connectivity index (χ1v) is 9.69. The zero-order chi connectivity index (χ0) is 18.7. The molecule has 9 heteroatoms. The summed E-state index contributed by atoms with van der Waals surface area (Å²) in [7, 11) is -0.419. The number of hydrogen-bond donors (Lipinski definition) is 0. The topological polar surface area (TPSA) is 75.6 Å². The van der Waals surface area contributed by atoms with E-state index in [-0.39, 0.29) is 11.8 Å². The van der Waals surface area contributed by atoms with Gasteiger partial charge in [0.1, 0.15) is 11.6 Å². The Hall–Kier alpha value is -2.10. The fraction of sp³-hybridized carbons (Fsp3) is 0.412. The minimum absolute atomic E-state index is 0.0676. The van der Waals surface area contributed by atoms with Gasteiger partial charge in [-0.05, 0) is 25.0 Å². The van der Waals surface area contributed by atoms with E-state index in [9.17, 15) is 12.8 Å². The minimum atomic E-state index is -3.46. The Morgan fingerprint density at radius 1 is 1.31 bits per heavy atom. The van der Waals surface area contributed by atoms with Gasteiger partial charge >= 0.3 is 0 Å². The first-order valence-electron chi connectivity index (χ1n) is 8.29. The van der Waals surface area contributed by atoms with Gasteiger partial charge in [-0.15, -0.1) is 0 Å². The molecule has 0 aliphatic carbocycles. The Morgan fingerprint density at radius 3 is 2.85 bits per heavy atom. The lowest BCUT2D eigenvalue weighted by Gasteiger charge is -2.33. The number of nitrogens with zero attached hydrogens (tertiary/aromatic N) is 4. The number of halogens is 1. The van der Waals surface area contributed by atoms with Crippen molar-refractivity contribution in [2.75, 3.05) is 27.2 Å². The maximum Gasteiger partial charge on any atom is 0.281 e. The number of ether oxygens (including phenoxy) is 1. The lowest BCUT2D eigenvalue weighted by Crippen LogP contribution is -2.45. The molecular weight excluding hydrogens is 359 g/mol. The lowest BCUT2D eigenvalue weighted by molar-refractivity contribution is 0.294. The monoisotopic (exact) mass is 380 g/mol. The molecule has 0 N–H and O–H groups in total. The molecule has 1 aliphatic heterocycles. The van der Waals surface area contributed by atoms with Crippen molar-refractivity contribution in [3.63, 3.8) is 0 Å². The van der Waals surface area contributed by atoms with Gasteiger partial charge in [0.25, 0.3) is 10.2 Å². The van der Waals surface area contributed by atoms with Gasteiger partial charge in [-0.2, -0.15) is 17.0 Å². The van der Waals surface area contributed by atoms with E-state index < -0.39 is 16.0 Å². The molecule has 26 heavy (non-hydrogen) atoms. The Balaban J connectivity index is 1.77. The van der Waals surface area contributed by atoms with Crippen LogP contribution in [0.4, 0.5) is 4.39 Å². The second kappa shape index (κ2) is 7.65. The van der Waals surface area contributed by atoms with Crippen LogP contribution in [0, 0.1) is 5.82 Å². The van der Waals surface area contributed by atoms with Gasteiger partial charge in [0, 0.05) is 45.4 Å². The van der Waals surface area contributed by atoms with Crippen LogP contribution in [0.5, 0.6) is 11.6 Å². The van der Waals surface area contributed by atoms with Crippen LogP contribution in [-0.2, 0) is 10.2 Å². The summed E-state index contributed by atoms with van der Waals surface area (Å²) in [6, 6.07) is 5.77. The number of hydrogen-bond acceptors (Lipinski definition) is 5. The average molecular weight is 380 g/mol. The predicted molar refractivity (Wildman–Crippen MR) is 94.7 cm³/mol. The molecule has 1 atom stereocenters. The molecular formula is C17H21FN4O3S. The van der Waals surface area contributed by atoms with Crippen LogP contribution in [0.15, 0.2) is 36.7 Å². The largest absolute Gasteiger partial charge is 0.437 e. The van der Waals surface area contributed by atoms with E-state index in [1.54, 1.807) is 18.3 Å². The van der Waals surface area contributed by atoms with Crippen molar-refractivity contribution in [1.82, 2.24) is 18.6 Å². The van der Waals surface area contributed by atoms with E-state index in [0.717, 1.165) is 12.8 Å². The van der Waals surface area contributed by atoms with Crippen LogP contribution in [0.3, 0.4) is 0 Å². The van der Waals surface area contributed by atoms with E-state index in [4.69, 9.17) is 4.74 Å². The molecule has 140 valence electrons. The molecule has 2 aromatic rings. The van der Waals surface area contributed by atoms with Crippen molar-refractivity contribution < 1.29 is 17.5 Å². The van der Waals surface area contributed by atoms with Crippen LogP contribution in [-0.4, -0.2) is 54.2 Å². The van der Waals surface area contributed by atoms with Crippen LogP contribution in [0.1, 0.15) is 24.5 Å². The number of rotatable bonds is 5. The molecule has 1 aromatic carbocycles. The standard InChI is InChI=1S/C17H21FN4O3S/c1-21(2)26(23,24)22-8-4-5-13(12-22)16-10-19-11-17(20-16)25-15-7-3-6-14(18)9-15/h3,6-7,9-11,13H,4-5,8,12H2,1-2H3/t13-/m0/s1. The van der Waals surface area contributed by atoms with E-state index in [2.05, 4.69) is 9.97 Å². The smallest absolute Gasteiger partial charge is 0.281 e. The van der Waals surface area contributed by atoms with Gasteiger partial charge in [0.15, 0.2) is 0 Å². The van der Waals surface area contributed by atoms with Crippen LogP contribution < -0.4 is 4.74 Å². The fourth-order valence-electron chi connectivity index (χ4n) is 2.88. The first kappa shape index (κ1) is 18.7. The van der Waals surface area contributed by atoms with E-state index in [1.807, 2.05) is 0 Å². The van der Waals surface area contributed by atoms with Gasteiger partial charge < -0.3 is 4.74 Å². The summed E-state index contributed by atoms with van der Waals surface area (Å²) in [5.74, 6) is 0.114. The second-order valence-corrected chi connectivity index (χ2v) is 8.47. The summed E-state index contributed by atoms with van der Waals surface area (Å²) in [6.45, 7) is 0.836. The highest BCUT2D eigenvalue weighted by Gasteiger charge is 2.31. The molecule has 1 aliphatic rings. The zero-order valence-corrected chi connectivity index (χ0v) is 15.5. The molecule has 7 nitrogen and oxygen atoms in total. The van der Waals surface area contributed by atoms with E-state index >= 15 is 0 Å². The highest BCUT2D eigenvalue weighted by Crippen LogP contribution is 2.29. The third-order valence-corrected chi connectivity index (χ3v) is 6.15. The number of piperidine rings is 1. The third kappa shape index (κ3) is 4.17. The summed E-state index contributed by atoms with van der Waals surface area (Å²) in [5.41, 5.74) is 0.664. The van der Waals surface area contributed by atoms with Gasteiger partial charge in [0.2, 0.25) is 5.88 Å². The van der Waals surface area contributed by atoms with Crippen molar-refractivity contribution in [1.29, 1.82) is 0 Å². The minimum Gasteiger partial charge on any atom is -0.437 e. The first-order chi connectivity index (χ1) is 12.4. The normalized spacial score (nSPS) is 18.8. The number of benzene rings is 1. The molecule has 3 rings (SSSR count). The van der Waals surface area contributed by atoms with Crippen molar-refractivity contribution in [2.45, 2.75) is 18.8 Å². The highest BCUT2D eigenvalue weighted by atomic mass is 32.2. The van der Waals surface area contributed by atoms with Crippen molar-refractivity contribution in [2.24, 2.45) is 0 Å². The van der Waals surface area contributed by atoms with Crippen LogP contribution >= 0.6 is 0 Å². The van der Waals surface area contributed by atoms with Gasteiger partial charge in [-0.1, -0.05) is 6.07 Å². The Bertz CT molecular complexity index is 876. The molecule has 1 fully saturated rings. The average Bonchev–Trinajstić information content (AvgIpc) is 2.62. The molecule has 0 amide bonds. The summed E-state index contributed by atoms with van der Waals surface area (Å²) < 4.78 is 46.2. The molecule has 1 aromatic heterocycles. The molecule has 0 radical (unpaired) electrons. The maximum absolute atomic E-state index is 13.3. The van der Waals surface area contributed by atoms with Gasteiger partial charge in [-0.25, -0.2) is 9.37 Å². The third-order valence-electron chi connectivity index (χ3n) is 4.24. The van der Waals surface area contributed by atoms with Gasteiger partial charge in [0.05, 0.1) is 11.9 Å².